The second kappa shape index (κ2) is 8.86. The number of amides is 3. The average Bonchev–Trinajstić information content (AvgIpc) is 3.42. The summed E-state index contributed by atoms with van der Waals surface area (Å²) in [7, 11) is 0. The van der Waals surface area contributed by atoms with Crippen LogP contribution in [0.25, 0.3) is 0 Å². The first-order chi connectivity index (χ1) is 14.9. The average molecular weight is 433 g/mol. The van der Waals surface area contributed by atoms with E-state index in [1.807, 2.05) is 17.5 Å². The van der Waals surface area contributed by atoms with Gasteiger partial charge in [-0.2, -0.15) is 0 Å². The van der Waals surface area contributed by atoms with Gasteiger partial charge in [-0.15, -0.1) is 11.3 Å². The van der Waals surface area contributed by atoms with Crippen LogP contribution in [0.3, 0.4) is 0 Å². The molecular formula is C25H24N2O3S. The zero-order valence-corrected chi connectivity index (χ0v) is 18.3. The van der Waals surface area contributed by atoms with Crippen molar-refractivity contribution in [3.63, 3.8) is 0 Å². The zero-order valence-electron chi connectivity index (χ0n) is 17.5. The molecule has 0 saturated carbocycles. The van der Waals surface area contributed by atoms with Crippen molar-refractivity contribution in [3.05, 3.63) is 87.6 Å². The van der Waals surface area contributed by atoms with Gasteiger partial charge in [-0.3, -0.25) is 19.3 Å². The predicted molar refractivity (Wildman–Crippen MR) is 122 cm³/mol. The van der Waals surface area contributed by atoms with Crippen LogP contribution in [0.15, 0.2) is 66.0 Å². The van der Waals surface area contributed by atoms with E-state index in [0.717, 1.165) is 10.4 Å². The molecule has 1 fully saturated rings. The second-order valence-corrected chi connectivity index (χ2v) is 8.89. The van der Waals surface area contributed by atoms with E-state index in [4.69, 9.17) is 0 Å². The molecule has 5 nitrogen and oxygen atoms in total. The van der Waals surface area contributed by atoms with Crippen molar-refractivity contribution in [2.45, 2.75) is 38.6 Å². The first-order valence-electron chi connectivity index (χ1n) is 10.3. The number of hydrogen-bond donors (Lipinski definition) is 1. The Hall–Kier alpha value is -3.25. The number of anilines is 1. The van der Waals surface area contributed by atoms with Gasteiger partial charge in [0.05, 0.1) is 11.7 Å². The van der Waals surface area contributed by atoms with Gasteiger partial charge in [-0.1, -0.05) is 44.2 Å². The molecule has 3 aromatic rings. The van der Waals surface area contributed by atoms with Crippen molar-refractivity contribution in [2.75, 3.05) is 4.90 Å². The normalized spacial score (nSPS) is 14.9. The van der Waals surface area contributed by atoms with Crippen LogP contribution in [0.1, 0.15) is 65.0 Å². The van der Waals surface area contributed by atoms with E-state index in [2.05, 4.69) is 43.4 Å². The molecule has 158 valence electrons. The summed E-state index contributed by atoms with van der Waals surface area (Å²) in [6.07, 6.45) is 0.471. The van der Waals surface area contributed by atoms with Gasteiger partial charge >= 0.3 is 0 Å². The minimum Gasteiger partial charge on any atom is -0.340 e. The number of carbonyl (C=O) groups is 3. The number of carbonyl (C=O) groups excluding carboxylic acids is 3. The third-order valence-corrected chi connectivity index (χ3v) is 6.42. The summed E-state index contributed by atoms with van der Waals surface area (Å²) >= 11 is 1.60. The molecular weight excluding hydrogens is 408 g/mol. The number of thiophene rings is 1. The first kappa shape index (κ1) is 21.0. The molecule has 0 spiro atoms. The Bertz CT molecular complexity index is 1070. The van der Waals surface area contributed by atoms with E-state index in [-0.39, 0.29) is 36.6 Å². The molecule has 6 heteroatoms. The molecule has 0 radical (unpaired) electrons. The van der Waals surface area contributed by atoms with Crippen molar-refractivity contribution >= 4 is 34.7 Å². The topological polar surface area (TPSA) is 66.5 Å². The third-order valence-electron chi connectivity index (χ3n) is 5.48. The van der Waals surface area contributed by atoms with E-state index < -0.39 is 0 Å². The highest BCUT2D eigenvalue weighted by atomic mass is 32.1. The summed E-state index contributed by atoms with van der Waals surface area (Å²) in [5.41, 5.74) is 3.25. The SMILES string of the molecule is CC(C)c1ccc(C(NC(=O)c2ccc(N3C(=O)CCC3=O)cc2)c2cccs2)cc1. The van der Waals surface area contributed by atoms with Gasteiger partial charge in [-0.25, -0.2) is 0 Å². The van der Waals surface area contributed by atoms with Gasteiger partial charge in [0.25, 0.3) is 5.91 Å². The Morgan fingerprint density at radius 3 is 2.06 bits per heavy atom. The molecule has 2 aromatic carbocycles. The number of nitrogens with one attached hydrogen (secondary N) is 1. The number of rotatable bonds is 6. The fourth-order valence-electron chi connectivity index (χ4n) is 3.69. The van der Waals surface area contributed by atoms with Crippen LogP contribution in [0.4, 0.5) is 5.69 Å². The van der Waals surface area contributed by atoms with Gasteiger partial charge in [0.15, 0.2) is 0 Å². The minimum atomic E-state index is -0.255. The van der Waals surface area contributed by atoms with Crippen molar-refractivity contribution in [1.82, 2.24) is 5.32 Å². The van der Waals surface area contributed by atoms with Gasteiger partial charge in [0, 0.05) is 23.3 Å². The van der Waals surface area contributed by atoms with E-state index in [1.165, 1.54) is 10.5 Å². The molecule has 1 N–H and O–H groups in total. The van der Waals surface area contributed by atoms with E-state index in [9.17, 15) is 14.4 Å². The van der Waals surface area contributed by atoms with Crippen molar-refractivity contribution < 1.29 is 14.4 Å². The summed E-state index contributed by atoms with van der Waals surface area (Å²) < 4.78 is 0. The minimum absolute atomic E-state index is 0.204. The summed E-state index contributed by atoms with van der Waals surface area (Å²) in [6, 6.07) is 18.7. The van der Waals surface area contributed by atoms with Crippen LogP contribution >= 0.6 is 11.3 Å². The van der Waals surface area contributed by atoms with Crippen molar-refractivity contribution in [3.8, 4) is 0 Å². The molecule has 2 heterocycles. The lowest BCUT2D eigenvalue weighted by atomic mass is 9.98. The number of imide groups is 1. The lowest BCUT2D eigenvalue weighted by Crippen LogP contribution is -2.30. The Morgan fingerprint density at radius 2 is 1.52 bits per heavy atom. The van der Waals surface area contributed by atoms with Crippen molar-refractivity contribution in [1.29, 1.82) is 0 Å². The Balaban J connectivity index is 1.55. The maximum atomic E-state index is 13.0. The van der Waals surface area contributed by atoms with Gasteiger partial charge in [0.2, 0.25) is 11.8 Å². The first-order valence-corrected chi connectivity index (χ1v) is 11.2. The smallest absolute Gasteiger partial charge is 0.252 e. The molecule has 1 atom stereocenters. The lowest BCUT2D eigenvalue weighted by Gasteiger charge is -2.19. The fourth-order valence-corrected chi connectivity index (χ4v) is 4.49. The van der Waals surface area contributed by atoms with Gasteiger partial charge < -0.3 is 5.32 Å². The van der Waals surface area contributed by atoms with Crippen LogP contribution < -0.4 is 10.2 Å². The Kier molecular flexibility index (Phi) is 6.00. The molecule has 0 aliphatic carbocycles. The van der Waals surface area contributed by atoms with E-state index >= 15 is 0 Å². The number of hydrogen-bond acceptors (Lipinski definition) is 4. The van der Waals surface area contributed by atoms with Crippen LogP contribution in [-0.4, -0.2) is 17.7 Å². The van der Waals surface area contributed by atoms with Gasteiger partial charge in [0.1, 0.15) is 0 Å². The van der Waals surface area contributed by atoms with Crippen LogP contribution in [0, 0.1) is 0 Å². The molecule has 0 bridgehead atoms. The molecule has 31 heavy (non-hydrogen) atoms. The quantitative estimate of drug-likeness (QED) is 0.555. The molecule has 1 saturated heterocycles. The highest BCUT2D eigenvalue weighted by Gasteiger charge is 2.30. The summed E-state index contributed by atoms with van der Waals surface area (Å²) in [4.78, 5) is 39.1. The molecule has 1 aromatic heterocycles. The van der Waals surface area contributed by atoms with E-state index in [1.54, 1.807) is 35.6 Å². The van der Waals surface area contributed by atoms with Crippen LogP contribution in [0.2, 0.25) is 0 Å². The highest BCUT2D eigenvalue weighted by molar-refractivity contribution is 7.10. The van der Waals surface area contributed by atoms with Crippen molar-refractivity contribution in [2.24, 2.45) is 0 Å². The van der Waals surface area contributed by atoms with Crippen LogP contribution in [-0.2, 0) is 9.59 Å². The van der Waals surface area contributed by atoms with E-state index in [0.29, 0.717) is 17.2 Å². The zero-order chi connectivity index (χ0) is 22.0. The third kappa shape index (κ3) is 4.44. The Labute approximate surface area is 185 Å². The molecule has 1 unspecified atom stereocenters. The Morgan fingerprint density at radius 1 is 0.903 bits per heavy atom. The number of benzene rings is 2. The highest BCUT2D eigenvalue weighted by Crippen LogP contribution is 2.28. The standard InChI is InChI=1S/C25H24N2O3S/c1-16(2)17-5-7-18(8-6-17)24(21-4-3-15-31-21)26-25(30)19-9-11-20(12-10-19)27-22(28)13-14-23(27)29/h3-12,15-16,24H,13-14H2,1-2H3,(H,26,30). The molecule has 1 aliphatic heterocycles. The summed E-state index contributed by atoms with van der Waals surface area (Å²) in [6.45, 7) is 4.31. The van der Waals surface area contributed by atoms with Gasteiger partial charge in [-0.05, 0) is 52.8 Å². The molecule has 3 amide bonds. The fraction of sp³-hybridized carbons (Fsp3) is 0.240. The monoisotopic (exact) mass is 432 g/mol. The largest absolute Gasteiger partial charge is 0.340 e. The second-order valence-electron chi connectivity index (χ2n) is 7.91. The predicted octanol–water partition coefficient (Wildman–Crippen LogP) is 5.04. The maximum absolute atomic E-state index is 13.0. The van der Waals surface area contributed by atoms with Crippen LogP contribution in [0.5, 0.6) is 0 Å². The summed E-state index contributed by atoms with van der Waals surface area (Å²) in [5, 5.41) is 5.13. The molecule has 1 aliphatic rings. The lowest BCUT2D eigenvalue weighted by molar-refractivity contribution is -0.121. The number of nitrogens with zero attached hydrogens (tertiary/aromatic N) is 1. The summed E-state index contributed by atoms with van der Waals surface area (Å²) in [5.74, 6) is -0.178. The molecule has 4 rings (SSSR count). The maximum Gasteiger partial charge on any atom is 0.252 e.